The average molecular weight is 556 g/mol. The van der Waals surface area contributed by atoms with Crippen molar-refractivity contribution >= 4 is 51.0 Å². The van der Waals surface area contributed by atoms with E-state index in [-0.39, 0.29) is 23.5 Å². The first-order chi connectivity index (χ1) is 19.8. The number of nitrogens with one attached hydrogen (secondary N) is 2. The molecule has 0 spiro atoms. The Morgan fingerprint density at radius 1 is 1.12 bits per heavy atom. The number of piperazine rings is 1. The van der Waals surface area contributed by atoms with E-state index in [4.69, 9.17) is 15.7 Å². The van der Waals surface area contributed by atoms with Crippen LogP contribution in [-0.2, 0) is 9.59 Å². The Morgan fingerprint density at radius 2 is 1.88 bits per heavy atom. The fraction of sp³-hybridized carbons (Fsp3) is 0.207. The molecule has 5 N–H and O–H groups in total. The number of benzene rings is 2. The van der Waals surface area contributed by atoms with Crippen molar-refractivity contribution < 1.29 is 24.2 Å². The first-order valence-corrected chi connectivity index (χ1v) is 12.9. The highest BCUT2D eigenvalue weighted by molar-refractivity contribution is 6.45. The van der Waals surface area contributed by atoms with Crippen LogP contribution in [0.2, 0.25) is 0 Å². The van der Waals surface area contributed by atoms with Crippen LogP contribution < -0.4 is 20.9 Å². The lowest BCUT2D eigenvalue weighted by Gasteiger charge is -2.35. The fourth-order valence-electron chi connectivity index (χ4n) is 5.04. The Morgan fingerprint density at radius 3 is 2.59 bits per heavy atom. The van der Waals surface area contributed by atoms with Crippen LogP contribution in [0.3, 0.4) is 0 Å². The molecule has 210 valence electrons. The van der Waals surface area contributed by atoms with Gasteiger partial charge in [-0.2, -0.15) is 0 Å². The summed E-state index contributed by atoms with van der Waals surface area (Å²) in [5.41, 5.74) is 3.55. The summed E-state index contributed by atoms with van der Waals surface area (Å²) in [5.74, 6) is 4.66. The van der Waals surface area contributed by atoms with Gasteiger partial charge >= 0.3 is 5.97 Å². The monoisotopic (exact) mass is 555 g/mol. The maximum Gasteiger partial charge on any atom is 0.309 e. The molecule has 0 bridgehead atoms. The van der Waals surface area contributed by atoms with Crippen LogP contribution in [0, 0.1) is 0 Å². The third-order valence-corrected chi connectivity index (χ3v) is 6.99. The number of methoxy groups -OCH3 is 1. The van der Waals surface area contributed by atoms with Gasteiger partial charge in [-0.3, -0.25) is 14.4 Å². The number of H-pyrrole nitrogens is 1. The van der Waals surface area contributed by atoms with Crippen LogP contribution in [0.5, 0.6) is 5.75 Å². The standard InChI is InChI=1S/C29H29N7O5/c1-17(15-23(37)38)33-27(34-30)20-7-8-22(41-2)24-21(16-32-25(20)24)26(39)29(40)36-13-11-35(12-14-36)28-19-6-4-3-5-18(19)9-10-31-28/h3-10,16,32H,1,11-15,30H2,2H3,(H,33,34)(H,37,38). The number of carboxylic acid groups (broad SMARTS) is 1. The number of rotatable bonds is 8. The summed E-state index contributed by atoms with van der Waals surface area (Å²) in [6.07, 6.45) is 2.85. The summed E-state index contributed by atoms with van der Waals surface area (Å²) in [7, 11) is 1.46. The summed E-state index contributed by atoms with van der Waals surface area (Å²) < 4.78 is 5.50. The average Bonchev–Trinajstić information content (AvgIpc) is 3.44. The van der Waals surface area contributed by atoms with E-state index in [1.807, 2.05) is 30.3 Å². The number of aromatic amines is 1. The normalized spacial score (nSPS) is 13.9. The molecule has 41 heavy (non-hydrogen) atoms. The molecule has 3 heterocycles. The summed E-state index contributed by atoms with van der Waals surface area (Å²) in [4.78, 5) is 53.4. The largest absolute Gasteiger partial charge is 0.496 e. The number of amidine groups is 1. The lowest BCUT2D eigenvalue weighted by Crippen LogP contribution is -2.50. The van der Waals surface area contributed by atoms with Gasteiger partial charge in [0.15, 0.2) is 0 Å². The maximum absolute atomic E-state index is 13.5. The van der Waals surface area contributed by atoms with Crippen molar-refractivity contribution in [1.82, 2.24) is 20.3 Å². The van der Waals surface area contributed by atoms with Gasteiger partial charge in [0, 0.05) is 55.2 Å². The Labute approximate surface area is 235 Å². The lowest BCUT2D eigenvalue weighted by molar-refractivity contribution is -0.136. The number of amides is 1. The number of hydrazine groups is 1. The maximum atomic E-state index is 13.5. The molecule has 0 saturated carbocycles. The van der Waals surface area contributed by atoms with Crippen molar-refractivity contribution in [2.24, 2.45) is 10.8 Å². The van der Waals surface area contributed by atoms with Gasteiger partial charge in [-0.25, -0.2) is 15.8 Å². The first-order valence-electron chi connectivity index (χ1n) is 12.9. The Hall–Kier alpha value is -5.23. The fourth-order valence-corrected chi connectivity index (χ4v) is 5.04. The van der Waals surface area contributed by atoms with Gasteiger partial charge in [-0.05, 0) is 23.6 Å². The van der Waals surface area contributed by atoms with E-state index in [0.29, 0.717) is 48.4 Å². The van der Waals surface area contributed by atoms with Gasteiger partial charge in [-0.1, -0.05) is 30.8 Å². The van der Waals surface area contributed by atoms with Crippen molar-refractivity contribution in [3.05, 3.63) is 78.3 Å². The molecule has 1 amide bonds. The number of Topliss-reactive ketones (excluding diaryl/α,β-unsaturated/α-hetero) is 1. The van der Waals surface area contributed by atoms with E-state index >= 15 is 0 Å². The molecule has 12 nitrogen and oxygen atoms in total. The quantitative estimate of drug-likeness (QED) is 0.0638. The highest BCUT2D eigenvalue weighted by Gasteiger charge is 2.30. The van der Waals surface area contributed by atoms with E-state index in [9.17, 15) is 14.4 Å². The summed E-state index contributed by atoms with van der Waals surface area (Å²) >= 11 is 0. The summed E-state index contributed by atoms with van der Waals surface area (Å²) in [5, 5.41) is 11.5. The number of carbonyl (C=O) groups excluding carboxylic acids is 2. The number of ether oxygens (including phenoxy) is 1. The number of fused-ring (bicyclic) bond motifs is 2. The van der Waals surface area contributed by atoms with Crippen molar-refractivity contribution in [2.45, 2.75) is 6.42 Å². The minimum atomic E-state index is -1.09. The Kier molecular flexibility index (Phi) is 7.66. The molecule has 2 aromatic heterocycles. The number of nitrogens with two attached hydrogens (primary N) is 1. The van der Waals surface area contributed by atoms with Crippen LogP contribution in [0.15, 0.2) is 72.1 Å². The van der Waals surface area contributed by atoms with Gasteiger partial charge in [0.05, 0.1) is 30.0 Å². The molecule has 0 unspecified atom stereocenters. The molecule has 2 aromatic carbocycles. The molecular weight excluding hydrogens is 526 g/mol. The van der Waals surface area contributed by atoms with Gasteiger partial charge < -0.3 is 30.1 Å². The van der Waals surface area contributed by atoms with Crippen molar-refractivity contribution in [3.63, 3.8) is 0 Å². The van der Waals surface area contributed by atoms with E-state index in [2.05, 4.69) is 31.9 Å². The SMILES string of the molecule is C=C(CC(=O)O)N=C(NN)c1ccc(OC)c2c(C(=O)C(=O)N3CCN(c4nccc5ccccc45)CC3)c[nH]c12. The zero-order valence-corrected chi connectivity index (χ0v) is 22.4. The third kappa shape index (κ3) is 5.32. The number of anilines is 1. The number of aliphatic imine (C=N–C) groups is 1. The molecule has 1 saturated heterocycles. The molecule has 1 fully saturated rings. The second kappa shape index (κ2) is 11.5. The first kappa shape index (κ1) is 27.3. The van der Waals surface area contributed by atoms with Crippen LogP contribution >= 0.6 is 0 Å². The summed E-state index contributed by atoms with van der Waals surface area (Å²) in [6.45, 7) is 5.44. The molecule has 12 heteroatoms. The Balaban J connectivity index is 1.39. The number of carbonyl (C=O) groups is 3. The molecular formula is C29H29N7O5. The van der Waals surface area contributed by atoms with Crippen molar-refractivity contribution in [3.8, 4) is 5.75 Å². The molecule has 4 aromatic rings. The van der Waals surface area contributed by atoms with E-state index in [0.717, 1.165) is 16.6 Å². The molecule has 1 aliphatic heterocycles. The topological polar surface area (TPSA) is 166 Å². The highest BCUT2D eigenvalue weighted by Crippen LogP contribution is 2.32. The van der Waals surface area contributed by atoms with Gasteiger partial charge in [0.2, 0.25) is 0 Å². The predicted molar refractivity (Wildman–Crippen MR) is 155 cm³/mol. The molecule has 1 aliphatic rings. The smallest absolute Gasteiger partial charge is 0.309 e. The van der Waals surface area contributed by atoms with Gasteiger partial charge in [0.25, 0.3) is 11.7 Å². The van der Waals surface area contributed by atoms with Crippen molar-refractivity contribution in [1.29, 1.82) is 0 Å². The van der Waals surface area contributed by atoms with Crippen LogP contribution in [0.1, 0.15) is 22.3 Å². The Bertz CT molecular complexity index is 1700. The number of aliphatic carboxylic acids is 1. The second-order valence-electron chi connectivity index (χ2n) is 9.47. The molecule has 0 aliphatic carbocycles. The number of carboxylic acids is 1. The number of hydrogen-bond donors (Lipinski definition) is 4. The van der Waals surface area contributed by atoms with Crippen LogP contribution in [0.25, 0.3) is 21.7 Å². The molecule has 0 atom stereocenters. The number of nitrogens with zero attached hydrogens (tertiary/aromatic N) is 4. The van der Waals surface area contributed by atoms with E-state index in [1.165, 1.54) is 13.3 Å². The van der Waals surface area contributed by atoms with Crippen molar-refractivity contribution in [2.75, 3.05) is 38.2 Å². The van der Waals surface area contributed by atoms with Gasteiger partial charge in [0.1, 0.15) is 17.4 Å². The molecule has 5 rings (SSSR count). The number of aromatic nitrogens is 2. The minimum Gasteiger partial charge on any atom is -0.496 e. The number of pyridine rings is 1. The zero-order valence-electron chi connectivity index (χ0n) is 22.4. The zero-order chi connectivity index (χ0) is 29.1. The third-order valence-electron chi connectivity index (χ3n) is 6.99. The van der Waals surface area contributed by atoms with E-state index < -0.39 is 17.7 Å². The second-order valence-corrected chi connectivity index (χ2v) is 9.47. The number of ketones is 1. The molecule has 0 radical (unpaired) electrons. The number of hydrogen-bond acceptors (Lipinski definition) is 8. The lowest BCUT2D eigenvalue weighted by atomic mass is 10.0. The summed E-state index contributed by atoms with van der Waals surface area (Å²) in [6, 6.07) is 13.2. The predicted octanol–water partition coefficient (Wildman–Crippen LogP) is 2.45. The van der Waals surface area contributed by atoms with Crippen LogP contribution in [0.4, 0.5) is 5.82 Å². The van der Waals surface area contributed by atoms with Crippen LogP contribution in [-0.4, -0.2) is 76.8 Å². The van der Waals surface area contributed by atoms with E-state index in [1.54, 1.807) is 23.2 Å². The van der Waals surface area contributed by atoms with Gasteiger partial charge in [-0.15, -0.1) is 0 Å². The minimum absolute atomic E-state index is 0.0743. The highest BCUT2D eigenvalue weighted by atomic mass is 16.5.